The number of nitrogens with one attached hydrogen (secondary N) is 1. The predicted octanol–water partition coefficient (Wildman–Crippen LogP) is 2.83. The van der Waals surface area contributed by atoms with E-state index in [1.165, 1.54) is 6.07 Å². The van der Waals surface area contributed by atoms with E-state index in [1.54, 1.807) is 13.8 Å². The maximum absolute atomic E-state index is 13.2. The molecule has 2 N–H and O–H groups in total. The van der Waals surface area contributed by atoms with Gasteiger partial charge in [-0.05, 0) is 50.3 Å². The summed E-state index contributed by atoms with van der Waals surface area (Å²) < 4.78 is 26.1. The van der Waals surface area contributed by atoms with Crippen molar-refractivity contribution in [2.24, 2.45) is 5.92 Å². The van der Waals surface area contributed by atoms with Crippen LogP contribution in [0.4, 0.5) is 8.78 Å². The van der Waals surface area contributed by atoms with Gasteiger partial charge in [0, 0.05) is 17.9 Å². The number of benzene rings is 1. The molecule has 6 heteroatoms. The van der Waals surface area contributed by atoms with E-state index in [2.05, 4.69) is 5.32 Å². The van der Waals surface area contributed by atoms with E-state index in [0.29, 0.717) is 18.4 Å². The lowest BCUT2D eigenvalue weighted by Crippen LogP contribution is -2.44. The summed E-state index contributed by atoms with van der Waals surface area (Å²) in [5.74, 6) is -3.27. The smallest absolute Gasteiger partial charge is 0.303 e. The van der Waals surface area contributed by atoms with Gasteiger partial charge in [-0.2, -0.15) is 0 Å². The van der Waals surface area contributed by atoms with Crippen LogP contribution < -0.4 is 5.32 Å². The van der Waals surface area contributed by atoms with Gasteiger partial charge in [-0.1, -0.05) is 6.07 Å². The molecule has 0 aliphatic heterocycles. The highest BCUT2D eigenvalue weighted by molar-refractivity contribution is 5.83. The van der Waals surface area contributed by atoms with E-state index in [4.69, 9.17) is 5.11 Å². The minimum Gasteiger partial charge on any atom is -0.481 e. The molecular formula is C16H19F2NO3. The Morgan fingerprint density at radius 3 is 2.59 bits per heavy atom. The zero-order chi connectivity index (χ0) is 16.5. The van der Waals surface area contributed by atoms with Crippen LogP contribution >= 0.6 is 0 Å². The highest BCUT2D eigenvalue weighted by Crippen LogP contribution is 2.48. The molecule has 1 aliphatic rings. The third-order valence-electron chi connectivity index (χ3n) is 3.92. The number of carboxylic acid groups (broad SMARTS) is 1. The van der Waals surface area contributed by atoms with E-state index in [1.807, 2.05) is 0 Å². The van der Waals surface area contributed by atoms with Gasteiger partial charge in [-0.3, -0.25) is 9.59 Å². The molecule has 2 unspecified atom stereocenters. The first kappa shape index (κ1) is 16.4. The monoisotopic (exact) mass is 311 g/mol. The molecule has 0 radical (unpaired) electrons. The Kier molecular flexibility index (Phi) is 4.49. The Hall–Kier alpha value is -1.98. The quantitative estimate of drug-likeness (QED) is 0.849. The van der Waals surface area contributed by atoms with Gasteiger partial charge in [0.15, 0.2) is 11.6 Å². The number of hydrogen-bond acceptors (Lipinski definition) is 2. The van der Waals surface area contributed by atoms with Crippen molar-refractivity contribution < 1.29 is 23.5 Å². The second-order valence-electron chi connectivity index (χ2n) is 6.39. The normalized spacial score (nSPS) is 20.5. The van der Waals surface area contributed by atoms with Gasteiger partial charge >= 0.3 is 5.97 Å². The third kappa shape index (κ3) is 4.02. The van der Waals surface area contributed by atoms with Gasteiger partial charge in [-0.25, -0.2) is 8.78 Å². The van der Waals surface area contributed by atoms with Crippen LogP contribution in [0.15, 0.2) is 18.2 Å². The number of amides is 1. The summed E-state index contributed by atoms with van der Waals surface area (Å²) in [7, 11) is 0. The largest absolute Gasteiger partial charge is 0.481 e. The summed E-state index contributed by atoms with van der Waals surface area (Å²) >= 11 is 0. The van der Waals surface area contributed by atoms with Gasteiger partial charge in [-0.15, -0.1) is 0 Å². The molecular weight excluding hydrogens is 292 g/mol. The van der Waals surface area contributed by atoms with Crippen LogP contribution in [0, 0.1) is 17.6 Å². The molecule has 0 bridgehead atoms. The first-order chi connectivity index (χ1) is 10.2. The fourth-order valence-electron chi connectivity index (χ4n) is 2.50. The molecule has 1 aliphatic carbocycles. The van der Waals surface area contributed by atoms with Crippen molar-refractivity contribution >= 4 is 11.9 Å². The van der Waals surface area contributed by atoms with Crippen LogP contribution in [-0.4, -0.2) is 22.5 Å². The van der Waals surface area contributed by atoms with E-state index in [9.17, 15) is 18.4 Å². The summed E-state index contributed by atoms with van der Waals surface area (Å²) in [6, 6.07) is 3.68. The molecule has 1 saturated carbocycles. The summed E-state index contributed by atoms with van der Waals surface area (Å²) in [4.78, 5) is 22.8. The minimum atomic E-state index is -0.912. The fraction of sp³-hybridized carbons (Fsp3) is 0.500. The Morgan fingerprint density at radius 2 is 2.00 bits per heavy atom. The van der Waals surface area contributed by atoms with E-state index in [-0.39, 0.29) is 24.2 Å². The standard InChI is InChI=1S/C16H19F2NO3/c1-16(2,6-5-14(20)21)19-15(22)11-8-10(11)9-3-4-12(17)13(18)7-9/h3-4,7,10-11H,5-6,8H2,1-2H3,(H,19,22)(H,20,21). The van der Waals surface area contributed by atoms with Gasteiger partial charge in [0.05, 0.1) is 0 Å². The fourth-order valence-corrected chi connectivity index (χ4v) is 2.50. The van der Waals surface area contributed by atoms with E-state index in [0.717, 1.165) is 12.1 Å². The molecule has 2 rings (SSSR count). The van der Waals surface area contributed by atoms with Crippen LogP contribution in [0.25, 0.3) is 0 Å². The van der Waals surface area contributed by atoms with Crippen LogP contribution in [-0.2, 0) is 9.59 Å². The number of aliphatic carboxylic acids is 1. The van der Waals surface area contributed by atoms with Crippen molar-refractivity contribution in [3.63, 3.8) is 0 Å². The van der Waals surface area contributed by atoms with Crippen LogP contribution in [0.2, 0.25) is 0 Å². The van der Waals surface area contributed by atoms with Gasteiger partial charge in [0.2, 0.25) is 5.91 Å². The first-order valence-electron chi connectivity index (χ1n) is 7.18. The Labute approximate surface area is 127 Å². The van der Waals surface area contributed by atoms with Crippen molar-refractivity contribution in [3.05, 3.63) is 35.4 Å². The number of carbonyl (C=O) groups is 2. The van der Waals surface area contributed by atoms with E-state index >= 15 is 0 Å². The number of hydrogen-bond donors (Lipinski definition) is 2. The lowest BCUT2D eigenvalue weighted by molar-refractivity contribution is -0.138. The molecule has 120 valence electrons. The Morgan fingerprint density at radius 1 is 1.32 bits per heavy atom. The van der Waals surface area contributed by atoms with Crippen LogP contribution in [0.3, 0.4) is 0 Å². The molecule has 2 atom stereocenters. The predicted molar refractivity (Wildman–Crippen MR) is 76.3 cm³/mol. The van der Waals surface area contributed by atoms with Gasteiger partial charge < -0.3 is 10.4 Å². The molecule has 0 aromatic heterocycles. The molecule has 0 spiro atoms. The molecule has 1 amide bonds. The molecule has 0 heterocycles. The summed E-state index contributed by atoms with van der Waals surface area (Å²) in [6.07, 6.45) is 0.896. The second-order valence-corrected chi connectivity index (χ2v) is 6.39. The molecule has 4 nitrogen and oxygen atoms in total. The molecule has 0 saturated heterocycles. The van der Waals surface area contributed by atoms with Crippen molar-refractivity contribution in [2.75, 3.05) is 0 Å². The van der Waals surface area contributed by atoms with Gasteiger partial charge in [0.1, 0.15) is 0 Å². The number of rotatable bonds is 6. The highest BCUT2D eigenvalue weighted by Gasteiger charge is 2.45. The van der Waals surface area contributed by atoms with E-state index < -0.39 is 23.1 Å². The lowest BCUT2D eigenvalue weighted by atomic mass is 9.98. The summed E-state index contributed by atoms with van der Waals surface area (Å²) in [5, 5.41) is 11.5. The molecule has 1 aromatic carbocycles. The zero-order valence-electron chi connectivity index (χ0n) is 12.5. The van der Waals surface area contributed by atoms with Crippen LogP contribution in [0.1, 0.15) is 44.6 Å². The summed E-state index contributed by atoms with van der Waals surface area (Å²) in [5.41, 5.74) is -0.00110. The highest BCUT2D eigenvalue weighted by atomic mass is 19.2. The van der Waals surface area contributed by atoms with Crippen molar-refractivity contribution in [2.45, 2.75) is 44.6 Å². The Bertz CT molecular complexity index is 601. The molecule has 1 aromatic rings. The second kappa shape index (κ2) is 6.02. The van der Waals surface area contributed by atoms with Crippen molar-refractivity contribution in [1.82, 2.24) is 5.32 Å². The van der Waals surface area contributed by atoms with Crippen LogP contribution in [0.5, 0.6) is 0 Å². The zero-order valence-corrected chi connectivity index (χ0v) is 12.5. The number of halogens is 2. The number of carbonyl (C=O) groups excluding carboxylic acids is 1. The topological polar surface area (TPSA) is 66.4 Å². The number of carboxylic acids is 1. The summed E-state index contributed by atoms with van der Waals surface area (Å²) in [6.45, 7) is 3.53. The van der Waals surface area contributed by atoms with Gasteiger partial charge in [0.25, 0.3) is 0 Å². The van der Waals surface area contributed by atoms with Crippen molar-refractivity contribution in [3.8, 4) is 0 Å². The molecule has 1 fully saturated rings. The third-order valence-corrected chi connectivity index (χ3v) is 3.92. The first-order valence-corrected chi connectivity index (χ1v) is 7.18. The average Bonchev–Trinajstić information content (AvgIpc) is 3.20. The lowest BCUT2D eigenvalue weighted by Gasteiger charge is -2.25. The Balaban J connectivity index is 1.92. The molecule has 22 heavy (non-hydrogen) atoms. The maximum atomic E-state index is 13.2. The maximum Gasteiger partial charge on any atom is 0.303 e. The minimum absolute atomic E-state index is 0.0233. The SMILES string of the molecule is CC(C)(CCC(=O)O)NC(=O)C1CC1c1ccc(F)c(F)c1. The average molecular weight is 311 g/mol. The van der Waals surface area contributed by atoms with Crippen molar-refractivity contribution in [1.29, 1.82) is 0 Å².